The van der Waals surface area contributed by atoms with Gasteiger partial charge in [0.1, 0.15) is 5.75 Å². The molecular weight excluding hydrogens is 238 g/mol. The number of hydrogen-bond acceptors (Lipinski definition) is 2. The first kappa shape index (κ1) is 14.9. The van der Waals surface area contributed by atoms with Crippen LogP contribution in [0.3, 0.4) is 0 Å². The molecule has 0 aliphatic rings. The lowest BCUT2D eigenvalue weighted by molar-refractivity contribution is -0.0124. The van der Waals surface area contributed by atoms with Gasteiger partial charge in [-0.15, -0.1) is 0 Å². The molecule has 1 unspecified atom stereocenters. The van der Waals surface area contributed by atoms with Gasteiger partial charge in [-0.25, -0.2) is 8.78 Å². The smallest absolute Gasteiger partial charge is 0.241 e. The van der Waals surface area contributed by atoms with Crippen LogP contribution in [-0.2, 0) is 5.60 Å². The molecule has 0 saturated carbocycles. The van der Waals surface area contributed by atoms with E-state index in [9.17, 15) is 13.9 Å². The van der Waals surface area contributed by atoms with Crippen molar-refractivity contribution in [1.29, 1.82) is 0 Å². The molecule has 1 N–H and O–H groups in total. The van der Waals surface area contributed by atoms with E-state index in [0.717, 1.165) is 12.8 Å². The molecular formula is C14H20F2O2. The van der Waals surface area contributed by atoms with Gasteiger partial charge in [0.25, 0.3) is 0 Å². The van der Waals surface area contributed by atoms with E-state index in [1.54, 1.807) is 24.3 Å². The number of unbranched alkanes of at least 4 members (excludes halogenated alkanes) is 1. The van der Waals surface area contributed by atoms with Crippen LogP contribution < -0.4 is 4.74 Å². The maximum Gasteiger partial charge on any atom is 0.241 e. The molecule has 1 atom stereocenters. The molecule has 0 saturated heterocycles. The lowest BCUT2D eigenvalue weighted by Gasteiger charge is -2.23. The first-order chi connectivity index (χ1) is 8.45. The standard InChI is InChI=1S/C14H20F2O2/c1-3-4-9-18-12-7-5-11(6-8-12)14(2,17)10-13(15)16/h5-8,13,17H,3-4,9-10H2,1-2H3. The highest BCUT2D eigenvalue weighted by Crippen LogP contribution is 2.28. The van der Waals surface area contributed by atoms with Crippen molar-refractivity contribution in [2.24, 2.45) is 0 Å². The third kappa shape index (κ3) is 4.61. The summed E-state index contributed by atoms with van der Waals surface area (Å²) in [4.78, 5) is 0. The zero-order valence-electron chi connectivity index (χ0n) is 10.8. The zero-order valence-corrected chi connectivity index (χ0v) is 10.8. The van der Waals surface area contributed by atoms with E-state index in [1.165, 1.54) is 6.92 Å². The molecule has 4 heteroatoms. The fraction of sp³-hybridized carbons (Fsp3) is 0.571. The maximum atomic E-state index is 12.3. The van der Waals surface area contributed by atoms with E-state index in [1.807, 2.05) is 0 Å². The second-order valence-corrected chi connectivity index (χ2v) is 4.60. The Hall–Kier alpha value is -1.16. The van der Waals surface area contributed by atoms with Gasteiger partial charge in [-0.1, -0.05) is 25.5 Å². The summed E-state index contributed by atoms with van der Waals surface area (Å²) in [5.41, 5.74) is -1.03. The summed E-state index contributed by atoms with van der Waals surface area (Å²) in [5, 5.41) is 9.94. The van der Waals surface area contributed by atoms with E-state index in [-0.39, 0.29) is 0 Å². The van der Waals surface area contributed by atoms with Gasteiger partial charge in [-0.2, -0.15) is 0 Å². The molecule has 0 radical (unpaired) electrons. The third-order valence-corrected chi connectivity index (χ3v) is 2.79. The van der Waals surface area contributed by atoms with Gasteiger partial charge in [-0.3, -0.25) is 0 Å². The van der Waals surface area contributed by atoms with Crippen LogP contribution in [0.15, 0.2) is 24.3 Å². The first-order valence-electron chi connectivity index (χ1n) is 6.19. The van der Waals surface area contributed by atoms with E-state index < -0.39 is 18.4 Å². The Morgan fingerprint density at radius 2 is 1.89 bits per heavy atom. The number of alkyl halides is 2. The highest BCUT2D eigenvalue weighted by atomic mass is 19.3. The largest absolute Gasteiger partial charge is 0.494 e. The summed E-state index contributed by atoms with van der Waals surface area (Å²) in [6, 6.07) is 6.66. The highest BCUT2D eigenvalue weighted by Gasteiger charge is 2.27. The van der Waals surface area contributed by atoms with E-state index in [4.69, 9.17) is 4.74 Å². The average molecular weight is 258 g/mol. The van der Waals surface area contributed by atoms with Gasteiger partial charge < -0.3 is 9.84 Å². The molecule has 102 valence electrons. The van der Waals surface area contributed by atoms with Gasteiger partial charge >= 0.3 is 0 Å². The minimum Gasteiger partial charge on any atom is -0.494 e. The summed E-state index contributed by atoms with van der Waals surface area (Å²) in [6.07, 6.45) is -1.06. The summed E-state index contributed by atoms with van der Waals surface area (Å²) < 4.78 is 30.1. The predicted molar refractivity (Wildman–Crippen MR) is 67.0 cm³/mol. The number of aliphatic hydroxyl groups is 1. The molecule has 0 aromatic heterocycles. The molecule has 0 fully saturated rings. The molecule has 0 aliphatic carbocycles. The van der Waals surface area contributed by atoms with Gasteiger partial charge in [0.15, 0.2) is 0 Å². The van der Waals surface area contributed by atoms with Crippen LogP contribution in [0, 0.1) is 0 Å². The Morgan fingerprint density at radius 1 is 1.28 bits per heavy atom. The van der Waals surface area contributed by atoms with Crippen LogP contribution >= 0.6 is 0 Å². The minimum absolute atomic E-state index is 0.477. The van der Waals surface area contributed by atoms with Crippen molar-refractivity contribution < 1.29 is 18.6 Å². The van der Waals surface area contributed by atoms with E-state index in [2.05, 4.69) is 6.92 Å². The van der Waals surface area contributed by atoms with Crippen molar-refractivity contribution in [1.82, 2.24) is 0 Å². The molecule has 1 aromatic rings. The zero-order chi connectivity index (χ0) is 13.6. The van der Waals surface area contributed by atoms with Crippen molar-refractivity contribution >= 4 is 0 Å². The van der Waals surface area contributed by atoms with Crippen molar-refractivity contribution in [2.45, 2.75) is 45.1 Å². The van der Waals surface area contributed by atoms with Crippen molar-refractivity contribution in [2.75, 3.05) is 6.61 Å². The Kier molecular flexibility index (Phi) is 5.54. The number of halogens is 2. The average Bonchev–Trinajstić information content (AvgIpc) is 2.28. The fourth-order valence-corrected chi connectivity index (χ4v) is 1.66. The molecule has 0 spiro atoms. The third-order valence-electron chi connectivity index (χ3n) is 2.79. The monoisotopic (exact) mass is 258 g/mol. The van der Waals surface area contributed by atoms with Gasteiger partial charge in [0.05, 0.1) is 12.2 Å². The van der Waals surface area contributed by atoms with E-state index in [0.29, 0.717) is 17.9 Å². The molecule has 0 heterocycles. The van der Waals surface area contributed by atoms with Crippen LogP contribution in [0.1, 0.15) is 38.7 Å². The van der Waals surface area contributed by atoms with Crippen molar-refractivity contribution in [3.05, 3.63) is 29.8 Å². The lowest BCUT2D eigenvalue weighted by atomic mass is 9.93. The lowest BCUT2D eigenvalue weighted by Crippen LogP contribution is -2.24. The Morgan fingerprint density at radius 3 is 2.39 bits per heavy atom. The van der Waals surface area contributed by atoms with Crippen LogP contribution in [0.5, 0.6) is 5.75 Å². The summed E-state index contributed by atoms with van der Waals surface area (Å²) in [7, 11) is 0. The maximum absolute atomic E-state index is 12.3. The molecule has 1 rings (SSSR count). The Labute approximate surface area is 107 Å². The second kappa shape index (κ2) is 6.69. The number of ether oxygens (including phenoxy) is 1. The SMILES string of the molecule is CCCCOc1ccc(C(C)(O)CC(F)F)cc1. The van der Waals surface area contributed by atoms with Crippen LogP contribution in [0.2, 0.25) is 0 Å². The Bertz CT molecular complexity index is 347. The summed E-state index contributed by atoms with van der Waals surface area (Å²) in [6.45, 7) is 4.11. The van der Waals surface area contributed by atoms with Gasteiger partial charge in [-0.05, 0) is 31.0 Å². The molecule has 0 bridgehead atoms. The molecule has 18 heavy (non-hydrogen) atoms. The molecule has 0 amide bonds. The highest BCUT2D eigenvalue weighted by molar-refractivity contribution is 5.30. The minimum atomic E-state index is -2.53. The molecule has 0 aliphatic heterocycles. The topological polar surface area (TPSA) is 29.5 Å². The van der Waals surface area contributed by atoms with E-state index >= 15 is 0 Å². The molecule has 2 nitrogen and oxygen atoms in total. The number of benzene rings is 1. The second-order valence-electron chi connectivity index (χ2n) is 4.60. The number of hydrogen-bond donors (Lipinski definition) is 1. The fourth-order valence-electron chi connectivity index (χ4n) is 1.66. The van der Waals surface area contributed by atoms with Crippen molar-refractivity contribution in [3.63, 3.8) is 0 Å². The Balaban J connectivity index is 2.64. The normalized spacial score (nSPS) is 14.6. The molecule has 1 aromatic carbocycles. The first-order valence-corrected chi connectivity index (χ1v) is 6.19. The van der Waals surface area contributed by atoms with Gasteiger partial charge in [0.2, 0.25) is 6.43 Å². The predicted octanol–water partition coefficient (Wildman–Crippen LogP) is 3.73. The van der Waals surface area contributed by atoms with Crippen LogP contribution in [-0.4, -0.2) is 18.1 Å². The number of rotatable bonds is 7. The van der Waals surface area contributed by atoms with Gasteiger partial charge in [0, 0.05) is 6.42 Å². The summed E-state index contributed by atoms with van der Waals surface area (Å²) in [5.74, 6) is 0.694. The van der Waals surface area contributed by atoms with Crippen LogP contribution in [0.25, 0.3) is 0 Å². The quantitative estimate of drug-likeness (QED) is 0.755. The summed E-state index contributed by atoms with van der Waals surface area (Å²) >= 11 is 0. The van der Waals surface area contributed by atoms with Crippen molar-refractivity contribution in [3.8, 4) is 5.75 Å². The van der Waals surface area contributed by atoms with Crippen LogP contribution in [0.4, 0.5) is 8.78 Å².